The number of halogens is 1. The number of rotatable bonds is 1. The van der Waals surface area contributed by atoms with Gasteiger partial charge in [-0.2, -0.15) is 0 Å². The number of aromatic nitrogens is 1. The Balaban J connectivity index is 1.80. The van der Waals surface area contributed by atoms with Crippen LogP contribution in [0.5, 0.6) is 0 Å². The number of nitrogens with one attached hydrogen (secondary N) is 1. The Bertz CT molecular complexity index is 410. The maximum absolute atomic E-state index is 13.8. The molecule has 18 heavy (non-hydrogen) atoms. The van der Waals surface area contributed by atoms with E-state index in [1.165, 1.54) is 25.3 Å². The molecule has 1 spiro atoms. The third-order valence-electron chi connectivity index (χ3n) is 4.26. The molecule has 3 heterocycles. The van der Waals surface area contributed by atoms with Crippen LogP contribution in [-0.4, -0.2) is 31.2 Å². The molecule has 0 saturated carbocycles. The fourth-order valence-electron chi connectivity index (χ4n) is 3.38. The van der Waals surface area contributed by atoms with Crippen molar-refractivity contribution < 1.29 is 4.39 Å². The molecule has 3 nitrogen and oxygen atoms in total. The van der Waals surface area contributed by atoms with Crippen LogP contribution in [0.1, 0.15) is 25.7 Å². The smallest absolute Gasteiger partial charge is 0.165 e. The summed E-state index contributed by atoms with van der Waals surface area (Å²) in [5.41, 5.74) is 0.334. The highest BCUT2D eigenvalue weighted by Gasteiger charge is 2.37. The molecule has 2 saturated heterocycles. The molecule has 0 aromatic carbocycles. The van der Waals surface area contributed by atoms with Gasteiger partial charge in [-0.05, 0) is 44.4 Å². The van der Waals surface area contributed by atoms with E-state index in [1.54, 1.807) is 12.3 Å². The second-order valence-corrected chi connectivity index (χ2v) is 5.61. The van der Waals surface area contributed by atoms with Gasteiger partial charge in [0.2, 0.25) is 0 Å². The molecule has 0 radical (unpaired) electrons. The van der Waals surface area contributed by atoms with E-state index in [1.807, 2.05) is 0 Å². The molecule has 1 aromatic rings. The monoisotopic (exact) mass is 249 g/mol. The van der Waals surface area contributed by atoms with E-state index >= 15 is 0 Å². The van der Waals surface area contributed by atoms with Crippen LogP contribution >= 0.6 is 0 Å². The van der Waals surface area contributed by atoms with Crippen molar-refractivity contribution in [2.75, 3.05) is 31.1 Å². The van der Waals surface area contributed by atoms with Gasteiger partial charge in [-0.3, -0.25) is 0 Å². The Morgan fingerprint density at radius 3 is 3.00 bits per heavy atom. The van der Waals surface area contributed by atoms with Gasteiger partial charge in [-0.15, -0.1) is 0 Å². The number of nitrogens with zero attached hydrogens (tertiary/aromatic N) is 2. The van der Waals surface area contributed by atoms with E-state index in [0.29, 0.717) is 11.2 Å². The van der Waals surface area contributed by atoms with Crippen LogP contribution in [-0.2, 0) is 0 Å². The fraction of sp³-hybridized carbons (Fsp3) is 0.643. The molecule has 1 N–H and O–H groups in total. The predicted octanol–water partition coefficient (Wildman–Crippen LogP) is 2.19. The molecule has 3 rings (SSSR count). The molecule has 0 amide bonds. The lowest BCUT2D eigenvalue weighted by Crippen LogP contribution is -2.51. The summed E-state index contributed by atoms with van der Waals surface area (Å²) in [4.78, 5) is 6.34. The number of hydrogen-bond donors (Lipinski definition) is 1. The van der Waals surface area contributed by atoms with E-state index in [9.17, 15) is 4.39 Å². The van der Waals surface area contributed by atoms with Crippen LogP contribution < -0.4 is 10.2 Å². The Morgan fingerprint density at radius 1 is 1.33 bits per heavy atom. The summed E-state index contributed by atoms with van der Waals surface area (Å²) >= 11 is 0. The number of pyridine rings is 1. The van der Waals surface area contributed by atoms with Crippen molar-refractivity contribution in [1.82, 2.24) is 10.3 Å². The van der Waals surface area contributed by atoms with Crippen LogP contribution in [0.3, 0.4) is 0 Å². The van der Waals surface area contributed by atoms with Gasteiger partial charge in [-0.1, -0.05) is 0 Å². The topological polar surface area (TPSA) is 28.2 Å². The minimum atomic E-state index is -0.196. The zero-order valence-electron chi connectivity index (χ0n) is 10.7. The molecule has 2 fully saturated rings. The van der Waals surface area contributed by atoms with E-state index in [-0.39, 0.29) is 5.82 Å². The SMILES string of the molecule is Fc1cccnc1N1CCCC2(CCCNC2)C1. The van der Waals surface area contributed by atoms with Crippen molar-refractivity contribution in [2.45, 2.75) is 25.7 Å². The summed E-state index contributed by atoms with van der Waals surface area (Å²) in [5, 5.41) is 3.49. The molecule has 1 atom stereocenters. The van der Waals surface area contributed by atoms with Crippen molar-refractivity contribution in [3.63, 3.8) is 0 Å². The summed E-state index contributed by atoms with van der Waals surface area (Å²) in [7, 11) is 0. The van der Waals surface area contributed by atoms with Crippen LogP contribution in [0.4, 0.5) is 10.2 Å². The lowest BCUT2D eigenvalue weighted by Gasteiger charge is -2.45. The largest absolute Gasteiger partial charge is 0.354 e. The van der Waals surface area contributed by atoms with E-state index in [0.717, 1.165) is 32.6 Å². The zero-order valence-corrected chi connectivity index (χ0v) is 10.7. The molecule has 0 aliphatic carbocycles. The van der Waals surface area contributed by atoms with E-state index in [4.69, 9.17) is 0 Å². The first-order valence-corrected chi connectivity index (χ1v) is 6.85. The number of hydrogen-bond acceptors (Lipinski definition) is 3. The van der Waals surface area contributed by atoms with Crippen molar-refractivity contribution in [3.05, 3.63) is 24.1 Å². The van der Waals surface area contributed by atoms with E-state index < -0.39 is 0 Å². The number of piperidine rings is 2. The molecule has 0 bridgehead atoms. The molecule has 2 aliphatic rings. The van der Waals surface area contributed by atoms with Gasteiger partial charge in [0.1, 0.15) is 0 Å². The first kappa shape index (κ1) is 11.9. The Kier molecular flexibility index (Phi) is 3.20. The van der Waals surface area contributed by atoms with Crippen LogP contribution in [0.25, 0.3) is 0 Å². The van der Waals surface area contributed by atoms with Crippen molar-refractivity contribution in [3.8, 4) is 0 Å². The summed E-state index contributed by atoms with van der Waals surface area (Å²) in [6.45, 7) is 4.06. The van der Waals surface area contributed by atoms with Crippen LogP contribution in [0.2, 0.25) is 0 Å². The van der Waals surface area contributed by atoms with Gasteiger partial charge in [0.05, 0.1) is 0 Å². The molecule has 4 heteroatoms. The Morgan fingerprint density at radius 2 is 2.22 bits per heavy atom. The summed E-state index contributed by atoms with van der Waals surface area (Å²) < 4.78 is 13.8. The highest BCUT2D eigenvalue weighted by Crippen LogP contribution is 2.37. The highest BCUT2D eigenvalue weighted by atomic mass is 19.1. The average Bonchev–Trinajstić information content (AvgIpc) is 2.40. The number of anilines is 1. The first-order chi connectivity index (χ1) is 8.79. The van der Waals surface area contributed by atoms with Crippen LogP contribution in [0.15, 0.2) is 18.3 Å². The van der Waals surface area contributed by atoms with Gasteiger partial charge in [0, 0.05) is 31.2 Å². The molecular weight excluding hydrogens is 229 g/mol. The first-order valence-electron chi connectivity index (χ1n) is 6.85. The third-order valence-corrected chi connectivity index (χ3v) is 4.26. The minimum Gasteiger partial charge on any atom is -0.354 e. The fourth-order valence-corrected chi connectivity index (χ4v) is 3.38. The van der Waals surface area contributed by atoms with Crippen molar-refractivity contribution in [1.29, 1.82) is 0 Å². The van der Waals surface area contributed by atoms with Gasteiger partial charge in [0.15, 0.2) is 11.6 Å². The maximum Gasteiger partial charge on any atom is 0.165 e. The maximum atomic E-state index is 13.8. The zero-order chi connectivity index (χ0) is 12.4. The van der Waals surface area contributed by atoms with Gasteiger partial charge in [0.25, 0.3) is 0 Å². The summed E-state index contributed by atoms with van der Waals surface area (Å²) in [6.07, 6.45) is 6.56. The standard InChI is InChI=1S/C14H20FN3/c15-12-4-1-8-17-13(12)18-9-3-6-14(11-18)5-2-7-16-10-14/h1,4,8,16H,2-3,5-7,9-11H2. The summed E-state index contributed by atoms with van der Waals surface area (Å²) in [5.74, 6) is 0.334. The minimum absolute atomic E-state index is 0.196. The van der Waals surface area contributed by atoms with Crippen molar-refractivity contribution in [2.24, 2.45) is 5.41 Å². The lowest BCUT2D eigenvalue weighted by atomic mass is 9.74. The normalized spacial score (nSPS) is 28.6. The lowest BCUT2D eigenvalue weighted by molar-refractivity contribution is 0.172. The highest BCUT2D eigenvalue weighted by molar-refractivity contribution is 5.40. The van der Waals surface area contributed by atoms with Crippen molar-refractivity contribution >= 4 is 5.82 Å². The average molecular weight is 249 g/mol. The second-order valence-electron chi connectivity index (χ2n) is 5.61. The van der Waals surface area contributed by atoms with Gasteiger partial charge >= 0.3 is 0 Å². The predicted molar refractivity (Wildman–Crippen MR) is 70.2 cm³/mol. The van der Waals surface area contributed by atoms with Gasteiger partial charge < -0.3 is 10.2 Å². The molecule has 98 valence electrons. The third kappa shape index (κ3) is 2.21. The van der Waals surface area contributed by atoms with E-state index in [2.05, 4.69) is 15.2 Å². The molecule has 2 aliphatic heterocycles. The Hall–Kier alpha value is -1.16. The molecular formula is C14H20FN3. The second kappa shape index (κ2) is 4.84. The summed E-state index contributed by atoms with van der Waals surface area (Å²) in [6, 6.07) is 3.16. The molecule has 1 aromatic heterocycles. The quantitative estimate of drug-likeness (QED) is 0.827. The van der Waals surface area contributed by atoms with Crippen LogP contribution in [0, 0.1) is 11.2 Å². The Labute approximate surface area is 107 Å². The van der Waals surface area contributed by atoms with Gasteiger partial charge in [-0.25, -0.2) is 9.37 Å². The molecule has 1 unspecified atom stereocenters.